The van der Waals surface area contributed by atoms with E-state index in [4.69, 9.17) is 4.74 Å². The molecule has 0 bridgehead atoms. The first-order chi connectivity index (χ1) is 9.49. The molecule has 0 aliphatic heterocycles. The first-order valence-corrected chi connectivity index (χ1v) is 6.20. The van der Waals surface area contributed by atoms with Crippen LogP contribution in [0.25, 0.3) is 0 Å². The Hall–Kier alpha value is -2.35. The number of hydrogen-bond acceptors (Lipinski definition) is 5. The van der Waals surface area contributed by atoms with E-state index in [-0.39, 0.29) is 6.61 Å². The van der Waals surface area contributed by atoms with Crippen LogP contribution in [0.1, 0.15) is 15.2 Å². The van der Waals surface area contributed by atoms with E-state index in [0.717, 1.165) is 4.88 Å². The van der Waals surface area contributed by atoms with Crippen LogP contribution in [-0.4, -0.2) is 10.9 Å². The van der Waals surface area contributed by atoms with Crippen molar-refractivity contribution in [3.8, 4) is 0 Å². The number of ether oxygens (including phenoxy) is 1. The summed E-state index contributed by atoms with van der Waals surface area (Å²) in [7, 11) is 0. The molecule has 1 aromatic carbocycles. The Bertz CT molecular complexity index is 658. The summed E-state index contributed by atoms with van der Waals surface area (Å²) >= 11 is 1.34. The smallest absolute Gasteiger partial charge is 0.341 e. The number of benzene rings is 1. The van der Waals surface area contributed by atoms with Crippen LogP contribution in [0.3, 0.4) is 0 Å². The van der Waals surface area contributed by atoms with Crippen LogP contribution in [0, 0.1) is 21.7 Å². The Morgan fingerprint density at radius 1 is 1.35 bits per heavy atom. The summed E-state index contributed by atoms with van der Waals surface area (Å²) in [4.78, 5) is 21.7. The Kier molecular flexibility index (Phi) is 4.04. The van der Waals surface area contributed by atoms with Gasteiger partial charge in [-0.15, -0.1) is 11.3 Å². The summed E-state index contributed by atoms with van der Waals surface area (Å²) in [5.74, 6) is -3.57. The van der Waals surface area contributed by atoms with Crippen molar-refractivity contribution in [3.63, 3.8) is 0 Å². The maximum Gasteiger partial charge on any atom is 0.341 e. The fraction of sp³-hybridized carbons (Fsp3) is 0.0833. The highest BCUT2D eigenvalue weighted by atomic mass is 32.1. The summed E-state index contributed by atoms with van der Waals surface area (Å²) in [5, 5.41) is 12.2. The van der Waals surface area contributed by atoms with Crippen LogP contribution in [0.15, 0.2) is 29.6 Å². The molecule has 0 atom stereocenters. The number of nitrogens with zero attached hydrogens (tertiary/aromatic N) is 1. The number of nitro benzene ring substituents is 1. The number of rotatable bonds is 4. The van der Waals surface area contributed by atoms with E-state index in [2.05, 4.69) is 0 Å². The van der Waals surface area contributed by atoms with E-state index in [1.807, 2.05) is 0 Å². The maximum atomic E-state index is 13.5. The molecule has 0 fully saturated rings. The molecule has 2 rings (SSSR count). The largest absolute Gasteiger partial charge is 0.456 e. The van der Waals surface area contributed by atoms with Crippen molar-refractivity contribution < 1.29 is 23.2 Å². The third kappa shape index (κ3) is 2.97. The van der Waals surface area contributed by atoms with Gasteiger partial charge in [0, 0.05) is 4.88 Å². The fourth-order valence-corrected chi connectivity index (χ4v) is 2.06. The van der Waals surface area contributed by atoms with Gasteiger partial charge in [-0.3, -0.25) is 10.1 Å². The topological polar surface area (TPSA) is 69.4 Å². The highest BCUT2D eigenvalue weighted by molar-refractivity contribution is 7.09. The first kappa shape index (κ1) is 14.1. The SMILES string of the molecule is O=C(OCc1cccs1)c1cc(F)c([N+](=O)[O-])cc1F. The van der Waals surface area contributed by atoms with Gasteiger partial charge in [0.1, 0.15) is 12.4 Å². The van der Waals surface area contributed by atoms with Gasteiger partial charge in [0.25, 0.3) is 0 Å². The molecule has 0 saturated carbocycles. The molecule has 0 spiro atoms. The lowest BCUT2D eigenvalue weighted by atomic mass is 10.2. The molecule has 0 saturated heterocycles. The third-order valence-corrected chi connectivity index (χ3v) is 3.23. The predicted octanol–water partition coefficient (Wildman–Crippen LogP) is 3.29. The monoisotopic (exact) mass is 299 g/mol. The van der Waals surface area contributed by atoms with Gasteiger partial charge in [-0.05, 0) is 17.5 Å². The molecule has 8 heteroatoms. The second kappa shape index (κ2) is 5.74. The van der Waals surface area contributed by atoms with Gasteiger partial charge < -0.3 is 4.74 Å². The Labute approximate surface area is 115 Å². The lowest BCUT2D eigenvalue weighted by Gasteiger charge is -2.05. The fourth-order valence-electron chi connectivity index (χ4n) is 1.44. The molecule has 0 aliphatic rings. The normalized spacial score (nSPS) is 10.3. The Morgan fingerprint density at radius 3 is 2.70 bits per heavy atom. The van der Waals surface area contributed by atoms with Crippen LogP contribution in [0.4, 0.5) is 14.5 Å². The molecule has 0 aliphatic carbocycles. The summed E-state index contributed by atoms with van der Waals surface area (Å²) in [5.41, 5.74) is -1.71. The Morgan fingerprint density at radius 2 is 2.10 bits per heavy atom. The van der Waals surface area contributed by atoms with E-state index in [9.17, 15) is 23.7 Å². The number of carbonyl (C=O) groups is 1. The second-order valence-electron chi connectivity index (χ2n) is 3.70. The summed E-state index contributed by atoms with van der Waals surface area (Å²) in [6.07, 6.45) is 0. The zero-order valence-corrected chi connectivity index (χ0v) is 10.7. The molecule has 2 aromatic rings. The van der Waals surface area contributed by atoms with E-state index in [1.54, 1.807) is 17.5 Å². The molecule has 0 unspecified atom stereocenters. The zero-order valence-electron chi connectivity index (χ0n) is 9.84. The average molecular weight is 299 g/mol. The summed E-state index contributed by atoms with van der Waals surface area (Å²) in [6.45, 7) is -0.0749. The van der Waals surface area contributed by atoms with Gasteiger partial charge in [-0.1, -0.05) is 6.07 Å². The molecule has 0 N–H and O–H groups in total. The molecule has 0 radical (unpaired) electrons. The number of carbonyl (C=O) groups excluding carboxylic acids is 1. The minimum absolute atomic E-state index is 0.0749. The van der Waals surface area contributed by atoms with Crippen molar-refractivity contribution in [1.29, 1.82) is 0 Å². The van der Waals surface area contributed by atoms with Crippen LogP contribution < -0.4 is 0 Å². The number of thiophene rings is 1. The van der Waals surface area contributed by atoms with Crippen LogP contribution in [-0.2, 0) is 11.3 Å². The summed E-state index contributed by atoms with van der Waals surface area (Å²) < 4.78 is 31.7. The minimum Gasteiger partial charge on any atom is -0.456 e. The van der Waals surface area contributed by atoms with Crippen molar-refractivity contribution in [1.82, 2.24) is 0 Å². The Balaban J connectivity index is 2.17. The predicted molar refractivity (Wildman–Crippen MR) is 66.5 cm³/mol. The van der Waals surface area contributed by atoms with Gasteiger partial charge in [0.2, 0.25) is 5.82 Å². The number of esters is 1. The average Bonchev–Trinajstić information content (AvgIpc) is 2.91. The van der Waals surface area contributed by atoms with E-state index < -0.39 is 33.8 Å². The molecule has 1 aromatic heterocycles. The quantitative estimate of drug-likeness (QED) is 0.493. The summed E-state index contributed by atoms with van der Waals surface area (Å²) in [6, 6.07) is 4.28. The van der Waals surface area contributed by atoms with Gasteiger partial charge in [-0.2, -0.15) is 4.39 Å². The highest BCUT2D eigenvalue weighted by Crippen LogP contribution is 2.22. The third-order valence-electron chi connectivity index (χ3n) is 2.38. The van der Waals surface area contributed by atoms with E-state index in [0.29, 0.717) is 12.1 Å². The van der Waals surface area contributed by atoms with Gasteiger partial charge in [0.05, 0.1) is 16.6 Å². The molecule has 1 heterocycles. The number of nitro groups is 1. The number of hydrogen-bond donors (Lipinski definition) is 0. The molecule has 104 valence electrons. The van der Waals surface area contributed by atoms with Gasteiger partial charge in [0.15, 0.2) is 0 Å². The molecule has 5 nitrogen and oxygen atoms in total. The van der Waals surface area contributed by atoms with Crippen molar-refractivity contribution in [2.24, 2.45) is 0 Å². The van der Waals surface area contributed by atoms with Crippen LogP contribution >= 0.6 is 11.3 Å². The molecular formula is C12H7F2NO4S. The maximum absolute atomic E-state index is 13.5. The highest BCUT2D eigenvalue weighted by Gasteiger charge is 2.22. The van der Waals surface area contributed by atoms with Crippen molar-refractivity contribution in [2.75, 3.05) is 0 Å². The van der Waals surface area contributed by atoms with E-state index in [1.165, 1.54) is 11.3 Å². The standard InChI is InChI=1S/C12H7F2NO4S/c13-9-5-11(15(17)18)10(14)4-8(9)12(16)19-6-7-2-1-3-20-7/h1-5H,6H2. The van der Waals surface area contributed by atoms with Gasteiger partial charge >= 0.3 is 11.7 Å². The van der Waals surface area contributed by atoms with Crippen LogP contribution in [0.5, 0.6) is 0 Å². The first-order valence-electron chi connectivity index (χ1n) is 5.32. The molecule has 0 amide bonds. The molecular weight excluding hydrogens is 292 g/mol. The zero-order chi connectivity index (χ0) is 14.7. The lowest BCUT2D eigenvalue weighted by molar-refractivity contribution is -0.387. The van der Waals surface area contributed by atoms with Crippen molar-refractivity contribution in [3.05, 3.63) is 61.8 Å². The van der Waals surface area contributed by atoms with Gasteiger partial charge in [-0.25, -0.2) is 9.18 Å². The van der Waals surface area contributed by atoms with Crippen molar-refractivity contribution in [2.45, 2.75) is 6.61 Å². The lowest BCUT2D eigenvalue weighted by Crippen LogP contribution is -2.09. The minimum atomic E-state index is -1.29. The second-order valence-corrected chi connectivity index (χ2v) is 4.73. The van der Waals surface area contributed by atoms with E-state index >= 15 is 0 Å². The van der Waals surface area contributed by atoms with Crippen LogP contribution in [0.2, 0.25) is 0 Å². The number of halogens is 2. The van der Waals surface area contributed by atoms with Crippen molar-refractivity contribution >= 4 is 23.0 Å². The molecule has 20 heavy (non-hydrogen) atoms.